The highest BCUT2D eigenvalue weighted by Crippen LogP contribution is 1.34. The summed E-state index contributed by atoms with van der Waals surface area (Å²) in [7, 11) is 2.89. The van der Waals surface area contributed by atoms with Crippen LogP contribution >= 0.6 is 11.6 Å². The van der Waals surface area contributed by atoms with Crippen LogP contribution in [0.1, 0.15) is 0 Å². The van der Waals surface area contributed by atoms with Gasteiger partial charge < -0.3 is 0 Å². The summed E-state index contributed by atoms with van der Waals surface area (Å²) < 4.78 is 0. The van der Waals surface area contributed by atoms with E-state index in [1.807, 2.05) is 0 Å². The predicted octanol–water partition coefficient (Wildman–Crippen LogP) is -1.51. The lowest BCUT2D eigenvalue weighted by atomic mass is 12.0. The van der Waals surface area contributed by atoms with Crippen LogP contribution in [0.2, 0.25) is 0 Å². The molecular weight excluding hydrogens is 104 g/mol. The van der Waals surface area contributed by atoms with Crippen LogP contribution < -0.4 is 0 Å². The quantitative estimate of drug-likeness (QED) is 0.264. The molecule has 0 aliphatic heterocycles. The van der Waals surface area contributed by atoms with E-state index in [2.05, 4.69) is 11.6 Å². The van der Waals surface area contributed by atoms with Crippen molar-refractivity contribution in [2.75, 3.05) is 6.38 Å². The molecular formula is CH9ClSi2. The third kappa shape index (κ3) is 15.5. The highest BCUT2D eigenvalue weighted by molar-refractivity contribution is 6.75. The molecule has 0 saturated carbocycles. The molecule has 0 amide bonds. The normalized spacial score (nSPS) is 4.50. The first kappa shape index (κ1) is 8.83. The van der Waals surface area contributed by atoms with Gasteiger partial charge in [-0.15, -0.1) is 11.6 Å². The van der Waals surface area contributed by atoms with E-state index >= 15 is 0 Å². The van der Waals surface area contributed by atoms with Crippen molar-refractivity contribution in [1.82, 2.24) is 0 Å². The van der Waals surface area contributed by atoms with Gasteiger partial charge in [-0.2, -0.15) is 0 Å². The molecule has 0 unspecified atom stereocenters. The minimum Gasteiger partial charge on any atom is -0.130 e. The highest BCUT2D eigenvalue weighted by Gasteiger charge is 0.988. The van der Waals surface area contributed by atoms with Crippen LogP contribution in [0, 0.1) is 0 Å². The smallest absolute Gasteiger partial charge is 0.0108 e. The summed E-state index contributed by atoms with van der Waals surface area (Å²) in [4.78, 5) is 0. The molecule has 0 fully saturated rings. The van der Waals surface area contributed by atoms with Crippen LogP contribution in [0.25, 0.3) is 0 Å². The molecule has 28 valence electrons. The predicted molar refractivity (Wildman–Crippen MR) is 31.7 cm³/mol. The van der Waals surface area contributed by atoms with Gasteiger partial charge >= 0.3 is 0 Å². The highest BCUT2D eigenvalue weighted by atomic mass is 35.5. The second kappa shape index (κ2) is 52.7. The van der Waals surface area contributed by atoms with Crippen molar-refractivity contribution in [3.8, 4) is 0 Å². The summed E-state index contributed by atoms with van der Waals surface area (Å²) in [6.45, 7) is 0. The molecule has 0 N–H and O–H groups in total. The third-order valence-corrected chi connectivity index (χ3v) is 0. The molecule has 0 aliphatic rings. The van der Waals surface area contributed by atoms with Gasteiger partial charge in [-0.05, 0) is 19.5 Å². The van der Waals surface area contributed by atoms with Crippen molar-refractivity contribution in [3.05, 3.63) is 0 Å². The summed E-state index contributed by atoms with van der Waals surface area (Å²) in [5, 5.41) is 0. The Hall–Kier alpha value is 0.724. The zero-order chi connectivity index (χ0) is 4.00. The number of hydrogen-bond donors (Lipinski definition) is 0. The van der Waals surface area contributed by atoms with E-state index in [1.165, 1.54) is 25.9 Å². The van der Waals surface area contributed by atoms with Crippen molar-refractivity contribution in [3.63, 3.8) is 0 Å². The largest absolute Gasteiger partial charge is 0.130 e. The van der Waals surface area contributed by atoms with Crippen molar-refractivity contribution in [2.24, 2.45) is 0 Å². The van der Waals surface area contributed by atoms with Gasteiger partial charge in [0, 0.05) is 6.38 Å². The van der Waals surface area contributed by atoms with Crippen molar-refractivity contribution in [2.45, 2.75) is 0 Å². The van der Waals surface area contributed by atoms with Crippen molar-refractivity contribution < 1.29 is 0 Å². The standard InChI is InChI=1S/CH3Cl.H6Si2/c2*1-2/h1H3;1-2H3. The van der Waals surface area contributed by atoms with Gasteiger partial charge in [0.1, 0.15) is 0 Å². The van der Waals surface area contributed by atoms with E-state index in [1.54, 1.807) is 0 Å². The number of hydrogen-bond acceptors (Lipinski definition) is 0. The van der Waals surface area contributed by atoms with E-state index in [0.29, 0.717) is 0 Å². The second-order valence-corrected chi connectivity index (χ2v) is 0. The van der Waals surface area contributed by atoms with Gasteiger partial charge in [0.2, 0.25) is 0 Å². The molecule has 4 heavy (non-hydrogen) atoms. The van der Waals surface area contributed by atoms with Crippen LogP contribution in [-0.4, -0.2) is 25.9 Å². The van der Waals surface area contributed by atoms with Crippen molar-refractivity contribution in [1.29, 1.82) is 0 Å². The second-order valence-electron chi connectivity index (χ2n) is 0. The first-order valence-electron chi connectivity index (χ1n) is 1.38. The first-order chi connectivity index (χ1) is 2.00. The molecule has 0 aromatic heterocycles. The Bertz CT molecular complexity index is 6.00. The fraction of sp³-hybridized carbons (Fsp3) is 1.00. The lowest BCUT2D eigenvalue weighted by Crippen LogP contribution is -1.38. The minimum atomic E-state index is 1.44. The average molecular weight is 113 g/mol. The molecule has 0 bridgehead atoms. The summed E-state index contributed by atoms with van der Waals surface area (Å²) in [6, 6.07) is 0. The van der Waals surface area contributed by atoms with E-state index in [-0.39, 0.29) is 0 Å². The zero-order valence-electron chi connectivity index (χ0n) is 3.38. The molecule has 0 atom stereocenters. The van der Waals surface area contributed by atoms with Gasteiger partial charge in [-0.25, -0.2) is 0 Å². The molecule has 0 rings (SSSR count). The molecule has 0 aromatic carbocycles. The number of alkyl halides is 1. The van der Waals surface area contributed by atoms with Crippen molar-refractivity contribution >= 4 is 31.1 Å². The monoisotopic (exact) mass is 112 g/mol. The number of halogens is 1. The van der Waals surface area contributed by atoms with E-state index in [9.17, 15) is 0 Å². The maximum atomic E-state index is 4.64. The average Bonchev–Trinajstić information content (AvgIpc) is 1.50. The third-order valence-electron chi connectivity index (χ3n) is 0. The SMILES string of the molecule is CCl.[SiH3][SiH3]. The van der Waals surface area contributed by atoms with Gasteiger partial charge in [0.25, 0.3) is 0 Å². The molecule has 0 spiro atoms. The minimum absolute atomic E-state index is 1.44. The summed E-state index contributed by atoms with van der Waals surface area (Å²) in [5.74, 6) is 0. The van der Waals surface area contributed by atoms with Crippen LogP contribution in [0.3, 0.4) is 0 Å². The maximum Gasteiger partial charge on any atom is 0.0108 e. The van der Waals surface area contributed by atoms with Gasteiger partial charge in [-0.3, -0.25) is 0 Å². The van der Waals surface area contributed by atoms with Gasteiger partial charge in [0.05, 0.1) is 0 Å². The number of rotatable bonds is 0. The van der Waals surface area contributed by atoms with E-state index < -0.39 is 0 Å². The molecule has 0 aromatic rings. The summed E-state index contributed by atoms with van der Waals surface area (Å²) in [5.41, 5.74) is 0. The Morgan fingerprint density at radius 2 is 1.25 bits per heavy atom. The molecule has 0 nitrogen and oxygen atoms in total. The van der Waals surface area contributed by atoms with Crippen LogP contribution in [0.15, 0.2) is 0 Å². The summed E-state index contributed by atoms with van der Waals surface area (Å²) in [6.07, 6.45) is 1.47. The molecule has 0 heterocycles. The van der Waals surface area contributed by atoms with Crippen LogP contribution in [0.5, 0.6) is 0 Å². The Labute approximate surface area is 38.2 Å². The molecule has 0 saturated heterocycles. The molecule has 0 aliphatic carbocycles. The van der Waals surface area contributed by atoms with Crippen LogP contribution in [0.4, 0.5) is 0 Å². The molecule has 0 radical (unpaired) electrons. The Morgan fingerprint density at radius 3 is 1.25 bits per heavy atom. The Kier molecular flexibility index (Phi) is 116. The topological polar surface area (TPSA) is 0 Å². The van der Waals surface area contributed by atoms with Gasteiger partial charge in [0.15, 0.2) is 0 Å². The fourth-order valence-electron chi connectivity index (χ4n) is 0. The van der Waals surface area contributed by atoms with Gasteiger partial charge in [-0.1, -0.05) is 0 Å². The maximum absolute atomic E-state index is 4.64. The molecule has 3 heteroatoms. The zero-order valence-corrected chi connectivity index (χ0v) is 8.13. The fourth-order valence-corrected chi connectivity index (χ4v) is 0. The lowest BCUT2D eigenvalue weighted by Gasteiger charge is -1.06. The Balaban J connectivity index is 0. The lowest BCUT2D eigenvalue weighted by molar-refractivity contribution is 2.46. The summed E-state index contributed by atoms with van der Waals surface area (Å²) >= 11 is 4.64. The Morgan fingerprint density at radius 1 is 1.25 bits per heavy atom. The van der Waals surface area contributed by atoms with E-state index in [4.69, 9.17) is 0 Å². The van der Waals surface area contributed by atoms with E-state index in [0.717, 1.165) is 0 Å². The first-order valence-corrected chi connectivity index (χ1v) is 10.1. The van der Waals surface area contributed by atoms with Crippen LogP contribution in [-0.2, 0) is 0 Å².